The first-order chi connectivity index (χ1) is 9.84. The Bertz CT molecular complexity index is 387. The van der Waals surface area contributed by atoms with Crippen molar-refractivity contribution in [2.45, 2.75) is 65.8 Å². The summed E-state index contributed by atoms with van der Waals surface area (Å²) in [5.41, 5.74) is 1.39. The lowest BCUT2D eigenvalue weighted by molar-refractivity contribution is 0.306. The summed E-state index contributed by atoms with van der Waals surface area (Å²) in [5, 5.41) is 3.63. The van der Waals surface area contributed by atoms with Gasteiger partial charge in [0, 0.05) is 5.54 Å². The number of halogens is 1. The zero-order chi connectivity index (χ0) is 15.9. The van der Waals surface area contributed by atoms with Crippen molar-refractivity contribution in [3.8, 4) is 0 Å². The van der Waals surface area contributed by atoms with E-state index in [9.17, 15) is 4.39 Å². The highest BCUT2D eigenvalue weighted by atomic mass is 19.1. The Morgan fingerprint density at radius 3 is 2.05 bits per heavy atom. The number of hydrogen-bond acceptors (Lipinski definition) is 1. The summed E-state index contributed by atoms with van der Waals surface area (Å²) in [6.45, 7) is 12.2. The Morgan fingerprint density at radius 2 is 1.57 bits per heavy atom. The van der Waals surface area contributed by atoms with Crippen LogP contribution in [0, 0.1) is 17.7 Å². The van der Waals surface area contributed by atoms with Gasteiger partial charge in [-0.3, -0.25) is 0 Å². The molecule has 0 aromatic heterocycles. The maximum atomic E-state index is 13.0. The second-order valence-corrected chi connectivity index (χ2v) is 7.25. The summed E-state index contributed by atoms with van der Waals surface area (Å²) in [7, 11) is 0. The van der Waals surface area contributed by atoms with Crippen molar-refractivity contribution < 1.29 is 4.39 Å². The molecule has 0 saturated heterocycles. The van der Waals surface area contributed by atoms with Crippen molar-refractivity contribution in [3.05, 3.63) is 35.6 Å². The molecule has 1 N–H and O–H groups in total. The van der Waals surface area contributed by atoms with E-state index < -0.39 is 0 Å². The minimum absolute atomic E-state index is 0.148. The van der Waals surface area contributed by atoms with Crippen LogP contribution < -0.4 is 5.32 Å². The summed E-state index contributed by atoms with van der Waals surface area (Å²) in [6.07, 6.45) is 4.76. The van der Waals surface area contributed by atoms with Gasteiger partial charge < -0.3 is 5.32 Å². The normalized spacial score (nSPS) is 13.7. The molecule has 0 aliphatic carbocycles. The van der Waals surface area contributed by atoms with E-state index in [0.29, 0.717) is 5.92 Å². The first kappa shape index (κ1) is 18.2. The number of rotatable bonds is 8. The molecular formula is C19H32FN. The van der Waals surface area contributed by atoms with E-state index in [0.717, 1.165) is 18.9 Å². The highest BCUT2D eigenvalue weighted by molar-refractivity contribution is 5.16. The SMILES string of the molecule is CCC(CC)CC(CNC(C)(C)C)Cc1ccc(F)cc1. The van der Waals surface area contributed by atoms with Gasteiger partial charge in [0.25, 0.3) is 0 Å². The first-order valence-electron chi connectivity index (χ1n) is 8.33. The Morgan fingerprint density at radius 1 is 1.00 bits per heavy atom. The van der Waals surface area contributed by atoms with Crippen molar-refractivity contribution in [2.75, 3.05) is 6.54 Å². The van der Waals surface area contributed by atoms with Gasteiger partial charge in [-0.1, -0.05) is 38.8 Å². The average molecular weight is 293 g/mol. The highest BCUT2D eigenvalue weighted by Gasteiger charge is 2.18. The van der Waals surface area contributed by atoms with Crippen LogP contribution in [0.15, 0.2) is 24.3 Å². The van der Waals surface area contributed by atoms with Crippen molar-refractivity contribution >= 4 is 0 Å². The summed E-state index contributed by atoms with van der Waals surface area (Å²) < 4.78 is 13.0. The standard InChI is InChI=1S/C19H32FN/c1-6-15(7-2)12-17(14-21-19(3,4)5)13-16-8-10-18(20)11-9-16/h8-11,15,17,21H,6-7,12-14H2,1-5H3. The van der Waals surface area contributed by atoms with E-state index in [1.54, 1.807) is 12.1 Å². The van der Waals surface area contributed by atoms with E-state index in [4.69, 9.17) is 0 Å². The van der Waals surface area contributed by atoms with Crippen LogP contribution >= 0.6 is 0 Å². The van der Waals surface area contributed by atoms with E-state index >= 15 is 0 Å². The van der Waals surface area contributed by atoms with Crippen LogP contribution in [0.3, 0.4) is 0 Å². The Labute approximate surface area is 130 Å². The maximum absolute atomic E-state index is 13.0. The minimum atomic E-state index is -0.150. The fourth-order valence-electron chi connectivity index (χ4n) is 2.74. The topological polar surface area (TPSA) is 12.0 Å². The molecule has 1 nitrogen and oxygen atoms in total. The van der Waals surface area contributed by atoms with Crippen LogP contribution in [0.2, 0.25) is 0 Å². The van der Waals surface area contributed by atoms with E-state index in [1.165, 1.54) is 24.8 Å². The van der Waals surface area contributed by atoms with Crippen LogP contribution in [-0.2, 0) is 6.42 Å². The molecule has 0 fully saturated rings. The molecule has 0 saturated carbocycles. The molecule has 0 bridgehead atoms. The third kappa shape index (κ3) is 7.61. The molecule has 1 atom stereocenters. The Kier molecular flexibility index (Phi) is 7.37. The van der Waals surface area contributed by atoms with Gasteiger partial charge >= 0.3 is 0 Å². The second kappa shape index (κ2) is 8.53. The molecule has 0 aliphatic rings. The lowest BCUT2D eigenvalue weighted by atomic mass is 9.86. The van der Waals surface area contributed by atoms with Crippen molar-refractivity contribution in [2.24, 2.45) is 11.8 Å². The number of nitrogens with one attached hydrogen (secondary N) is 1. The zero-order valence-corrected chi connectivity index (χ0v) is 14.4. The van der Waals surface area contributed by atoms with Crippen LogP contribution in [0.5, 0.6) is 0 Å². The lowest BCUT2D eigenvalue weighted by Crippen LogP contribution is -2.40. The fraction of sp³-hybridized carbons (Fsp3) is 0.684. The quantitative estimate of drug-likeness (QED) is 0.694. The molecule has 0 spiro atoms. The Hall–Kier alpha value is -0.890. The highest BCUT2D eigenvalue weighted by Crippen LogP contribution is 2.22. The van der Waals surface area contributed by atoms with Crippen molar-refractivity contribution in [1.29, 1.82) is 0 Å². The van der Waals surface area contributed by atoms with Crippen molar-refractivity contribution in [1.82, 2.24) is 5.32 Å². The predicted octanol–water partition coefficient (Wildman–Crippen LogP) is 5.20. The monoisotopic (exact) mass is 293 g/mol. The second-order valence-electron chi connectivity index (χ2n) is 7.25. The largest absolute Gasteiger partial charge is 0.312 e. The Balaban J connectivity index is 2.68. The number of benzene rings is 1. The van der Waals surface area contributed by atoms with Crippen molar-refractivity contribution in [3.63, 3.8) is 0 Å². The van der Waals surface area contributed by atoms with Gasteiger partial charge in [0.15, 0.2) is 0 Å². The molecular weight excluding hydrogens is 261 g/mol. The predicted molar refractivity (Wildman–Crippen MR) is 90.0 cm³/mol. The fourth-order valence-corrected chi connectivity index (χ4v) is 2.74. The van der Waals surface area contributed by atoms with Gasteiger partial charge in [0.05, 0.1) is 0 Å². The van der Waals surface area contributed by atoms with Crippen LogP contribution in [0.1, 0.15) is 59.4 Å². The molecule has 1 rings (SSSR count). The average Bonchev–Trinajstić information content (AvgIpc) is 2.43. The molecule has 1 unspecified atom stereocenters. The molecule has 120 valence electrons. The van der Waals surface area contributed by atoms with E-state index in [2.05, 4.69) is 39.9 Å². The molecule has 0 aliphatic heterocycles. The first-order valence-corrected chi connectivity index (χ1v) is 8.33. The van der Waals surface area contributed by atoms with Crippen LogP contribution in [0.4, 0.5) is 4.39 Å². The van der Waals surface area contributed by atoms with Gasteiger partial charge in [0.1, 0.15) is 5.82 Å². The summed E-state index contributed by atoms with van der Waals surface area (Å²) in [5.74, 6) is 1.25. The van der Waals surface area contributed by atoms with Gasteiger partial charge in [-0.25, -0.2) is 4.39 Å². The smallest absolute Gasteiger partial charge is 0.123 e. The molecule has 0 amide bonds. The van der Waals surface area contributed by atoms with Gasteiger partial charge in [-0.15, -0.1) is 0 Å². The molecule has 2 heteroatoms. The summed E-state index contributed by atoms with van der Waals surface area (Å²) in [4.78, 5) is 0. The molecule has 0 heterocycles. The lowest BCUT2D eigenvalue weighted by Gasteiger charge is -2.27. The number of hydrogen-bond donors (Lipinski definition) is 1. The minimum Gasteiger partial charge on any atom is -0.312 e. The molecule has 0 radical (unpaired) electrons. The maximum Gasteiger partial charge on any atom is 0.123 e. The van der Waals surface area contributed by atoms with Gasteiger partial charge in [-0.2, -0.15) is 0 Å². The zero-order valence-electron chi connectivity index (χ0n) is 14.4. The summed E-state index contributed by atoms with van der Waals surface area (Å²) in [6, 6.07) is 6.99. The third-order valence-electron chi connectivity index (χ3n) is 4.18. The molecule has 1 aromatic carbocycles. The van der Waals surface area contributed by atoms with E-state index in [-0.39, 0.29) is 11.4 Å². The molecule has 21 heavy (non-hydrogen) atoms. The van der Waals surface area contributed by atoms with Crippen LogP contribution in [0.25, 0.3) is 0 Å². The van der Waals surface area contributed by atoms with Gasteiger partial charge in [0.2, 0.25) is 0 Å². The van der Waals surface area contributed by atoms with Crippen LogP contribution in [-0.4, -0.2) is 12.1 Å². The van der Waals surface area contributed by atoms with E-state index in [1.807, 2.05) is 12.1 Å². The summed E-state index contributed by atoms with van der Waals surface area (Å²) >= 11 is 0. The van der Waals surface area contributed by atoms with Gasteiger partial charge in [-0.05, 0) is 69.7 Å². The third-order valence-corrected chi connectivity index (χ3v) is 4.18. The molecule has 1 aromatic rings.